The van der Waals surface area contributed by atoms with Gasteiger partial charge in [-0.05, 0) is 91.7 Å². The molecule has 1 saturated heterocycles. The van der Waals surface area contributed by atoms with Gasteiger partial charge in [0.2, 0.25) is 0 Å². The Bertz CT molecular complexity index is 706. The van der Waals surface area contributed by atoms with E-state index in [1.807, 2.05) is 7.05 Å². The van der Waals surface area contributed by atoms with Crippen LogP contribution in [0.5, 0.6) is 0 Å². The highest BCUT2D eigenvalue weighted by Gasteiger charge is 2.63. The number of carbonyl (C=O) groups excluding carboxylic acids is 1. The van der Waals surface area contributed by atoms with Crippen molar-refractivity contribution in [3.63, 3.8) is 0 Å². The molecular formula is C25H44FNO2Si. The molecule has 0 bridgehead atoms. The van der Waals surface area contributed by atoms with E-state index in [4.69, 9.17) is 4.43 Å². The maximum absolute atomic E-state index is 14.7. The van der Waals surface area contributed by atoms with Gasteiger partial charge in [-0.15, -0.1) is 0 Å². The standard InChI is InChI=1S/C25H44FNO2Si/c1-23(2,3)30(7,8)29-21-12-10-17-16-9-11-20-25(5,15-19(26)22(28)27(20)6)18(16)13-14-24(17,21)4/h16-21H,9-15H2,1-8H3/t16?,17-,18?,19+,20+,21?,24-,25+/m0/s1. The zero-order chi connectivity index (χ0) is 22.3. The average molecular weight is 438 g/mol. The quantitative estimate of drug-likeness (QED) is 0.482. The molecule has 3 saturated carbocycles. The second-order valence-electron chi connectivity index (χ2n) is 13.1. The summed E-state index contributed by atoms with van der Waals surface area (Å²) >= 11 is 0. The minimum absolute atomic E-state index is 0.0787. The van der Waals surface area contributed by atoms with Gasteiger partial charge in [-0.25, -0.2) is 4.39 Å². The summed E-state index contributed by atoms with van der Waals surface area (Å²) in [7, 11) is 0.0369. The SMILES string of the molecule is CN1C(=O)[C@H](F)C[C@]2(C)C3CC[C@]4(C)C(O[Si](C)(C)C(C)(C)C)CC[C@H]4C3CC[C@@H]12. The number of hydrogen-bond acceptors (Lipinski definition) is 2. The van der Waals surface area contributed by atoms with Gasteiger partial charge in [0, 0.05) is 13.1 Å². The molecule has 3 nitrogen and oxygen atoms in total. The molecule has 30 heavy (non-hydrogen) atoms. The first kappa shape index (κ1) is 22.8. The number of rotatable bonds is 2. The highest BCUT2D eigenvalue weighted by Crippen LogP contribution is 2.65. The number of likely N-dealkylation sites (tertiary alicyclic amines) is 1. The fourth-order valence-electron chi connectivity index (χ4n) is 7.89. The van der Waals surface area contributed by atoms with Crippen molar-refractivity contribution in [2.45, 2.75) is 116 Å². The molecule has 4 aliphatic rings. The third-order valence-corrected chi connectivity index (χ3v) is 15.2. The summed E-state index contributed by atoms with van der Waals surface area (Å²) in [6.07, 6.45) is 6.49. The van der Waals surface area contributed by atoms with Crippen molar-refractivity contribution in [3.05, 3.63) is 0 Å². The smallest absolute Gasteiger partial charge is 0.257 e. The molecule has 0 N–H and O–H groups in total. The molecule has 5 heteroatoms. The predicted molar refractivity (Wildman–Crippen MR) is 123 cm³/mol. The number of alkyl halides is 1. The molecule has 1 heterocycles. The van der Waals surface area contributed by atoms with Crippen LogP contribution >= 0.6 is 0 Å². The van der Waals surface area contributed by atoms with Gasteiger partial charge in [0.05, 0.1) is 6.10 Å². The summed E-state index contributed by atoms with van der Waals surface area (Å²) in [5, 5.41) is 0.236. The lowest BCUT2D eigenvalue weighted by molar-refractivity contribution is -0.169. The number of fused-ring (bicyclic) bond motifs is 5. The number of piperidine rings is 1. The fraction of sp³-hybridized carbons (Fsp3) is 0.960. The number of amides is 1. The Labute approximate surface area is 184 Å². The van der Waals surface area contributed by atoms with E-state index < -0.39 is 14.5 Å². The van der Waals surface area contributed by atoms with Gasteiger partial charge in [0.1, 0.15) is 0 Å². The van der Waals surface area contributed by atoms with E-state index >= 15 is 0 Å². The summed E-state index contributed by atoms with van der Waals surface area (Å²) in [6, 6.07) is 0.211. The molecule has 4 fully saturated rings. The van der Waals surface area contributed by atoms with Crippen LogP contribution in [0.4, 0.5) is 4.39 Å². The molecule has 1 aliphatic heterocycles. The molecule has 172 valence electrons. The van der Waals surface area contributed by atoms with E-state index in [0.29, 0.717) is 30.3 Å². The van der Waals surface area contributed by atoms with Gasteiger partial charge >= 0.3 is 0 Å². The second kappa shape index (κ2) is 7.04. The highest BCUT2D eigenvalue weighted by molar-refractivity contribution is 6.74. The maximum atomic E-state index is 14.7. The van der Waals surface area contributed by atoms with Crippen LogP contribution in [0.1, 0.15) is 79.6 Å². The predicted octanol–water partition coefficient (Wildman–Crippen LogP) is 6.19. The Hall–Kier alpha value is -0.423. The Kier molecular flexibility index (Phi) is 5.34. The first-order chi connectivity index (χ1) is 13.7. The zero-order valence-corrected chi connectivity index (χ0v) is 21.6. The molecule has 8 atom stereocenters. The molecular weight excluding hydrogens is 393 g/mol. The first-order valence-corrected chi connectivity index (χ1v) is 15.2. The van der Waals surface area contributed by atoms with Gasteiger partial charge in [0.25, 0.3) is 5.91 Å². The van der Waals surface area contributed by atoms with Crippen LogP contribution < -0.4 is 0 Å². The number of carbonyl (C=O) groups is 1. The second-order valence-corrected chi connectivity index (χ2v) is 17.8. The van der Waals surface area contributed by atoms with Crippen LogP contribution in [-0.2, 0) is 9.22 Å². The molecule has 0 radical (unpaired) electrons. The van der Waals surface area contributed by atoms with Crippen LogP contribution in [0.15, 0.2) is 0 Å². The van der Waals surface area contributed by atoms with Crippen molar-refractivity contribution in [2.75, 3.05) is 7.05 Å². The normalized spacial score (nSPS) is 47.0. The van der Waals surface area contributed by atoms with Crippen LogP contribution in [0.25, 0.3) is 0 Å². The third kappa shape index (κ3) is 3.15. The van der Waals surface area contributed by atoms with Crippen molar-refractivity contribution >= 4 is 14.2 Å². The van der Waals surface area contributed by atoms with Gasteiger partial charge in [-0.1, -0.05) is 34.6 Å². The summed E-state index contributed by atoms with van der Waals surface area (Å²) in [5.74, 6) is 1.59. The lowest BCUT2D eigenvalue weighted by Gasteiger charge is -2.62. The Morgan fingerprint density at radius 2 is 1.67 bits per heavy atom. The van der Waals surface area contributed by atoms with E-state index in [2.05, 4.69) is 47.7 Å². The highest BCUT2D eigenvalue weighted by atomic mass is 28.4. The number of nitrogens with zero attached hydrogens (tertiary/aromatic N) is 1. The Balaban J connectivity index is 1.58. The maximum Gasteiger partial charge on any atom is 0.257 e. The molecule has 1 amide bonds. The number of halogens is 1. The van der Waals surface area contributed by atoms with Crippen molar-refractivity contribution in [1.29, 1.82) is 0 Å². The summed E-state index contributed by atoms with van der Waals surface area (Å²) in [5.41, 5.74) is 0.177. The first-order valence-electron chi connectivity index (χ1n) is 12.3. The van der Waals surface area contributed by atoms with Crippen molar-refractivity contribution in [2.24, 2.45) is 28.6 Å². The van der Waals surface area contributed by atoms with Crippen molar-refractivity contribution in [1.82, 2.24) is 4.90 Å². The Morgan fingerprint density at radius 3 is 2.30 bits per heavy atom. The Morgan fingerprint density at radius 1 is 1.03 bits per heavy atom. The van der Waals surface area contributed by atoms with Crippen LogP contribution in [0, 0.1) is 28.6 Å². The summed E-state index contributed by atoms with van der Waals surface area (Å²) < 4.78 is 21.7. The number of hydrogen-bond donors (Lipinski definition) is 0. The average Bonchev–Trinajstić information content (AvgIpc) is 2.95. The fourth-order valence-corrected chi connectivity index (χ4v) is 9.34. The van der Waals surface area contributed by atoms with Crippen LogP contribution in [-0.4, -0.2) is 44.5 Å². The van der Waals surface area contributed by atoms with E-state index in [1.54, 1.807) is 4.90 Å². The van der Waals surface area contributed by atoms with Gasteiger partial charge in [0.15, 0.2) is 14.5 Å². The minimum Gasteiger partial charge on any atom is -0.413 e. The monoisotopic (exact) mass is 437 g/mol. The lowest BCUT2D eigenvalue weighted by Crippen LogP contribution is -2.64. The largest absolute Gasteiger partial charge is 0.413 e. The third-order valence-electron chi connectivity index (χ3n) is 10.7. The van der Waals surface area contributed by atoms with Crippen molar-refractivity contribution in [3.8, 4) is 0 Å². The molecule has 4 rings (SSSR count). The van der Waals surface area contributed by atoms with E-state index in [9.17, 15) is 9.18 Å². The molecule has 0 spiro atoms. The zero-order valence-electron chi connectivity index (χ0n) is 20.6. The van der Waals surface area contributed by atoms with Crippen LogP contribution in [0.3, 0.4) is 0 Å². The summed E-state index contributed by atoms with van der Waals surface area (Å²) in [4.78, 5) is 14.1. The molecule has 0 aromatic carbocycles. The topological polar surface area (TPSA) is 29.5 Å². The molecule has 0 aromatic rings. The minimum atomic E-state index is -1.80. The van der Waals surface area contributed by atoms with Gasteiger partial charge in [-0.2, -0.15) is 0 Å². The van der Waals surface area contributed by atoms with Gasteiger partial charge in [-0.3, -0.25) is 4.79 Å². The molecule has 3 unspecified atom stereocenters. The van der Waals surface area contributed by atoms with Gasteiger partial charge < -0.3 is 9.33 Å². The lowest BCUT2D eigenvalue weighted by atomic mass is 9.47. The van der Waals surface area contributed by atoms with Crippen LogP contribution in [0.2, 0.25) is 18.1 Å². The van der Waals surface area contributed by atoms with E-state index in [0.717, 1.165) is 12.8 Å². The van der Waals surface area contributed by atoms with E-state index in [1.165, 1.54) is 25.7 Å². The van der Waals surface area contributed by atoms with Crippen molar-refractivity contribution < 1.29 is 13.6 Å². The molecule has 0 aromatic heterocycles. The molecule has 3 aliphatic carbocycles. The van der Waals surface area contributed by atoms with E-state index in [-0.39, 0.29) is 27.8 Å². The summed E-state index contributed by atoms with van der Waals surface area (Å²) in [6.45, 7) is 16.6.